The van der Waals surface area contributed by atoms with E-state index in [1.54, 1.807) is 29.0 Å². The van der Waals surface area contributed by atoms with Gasteiger partial charge in [0.1, 0.15) is 0 Å². The van der Waals surface area contributed by atoms with Crippen LogP contribution in [0.2, 0.25) is 0 Å². The third-order valence-electron chi connectivity index (χ3n) is 8.13. The molecule has 0 radical (unpaired) electrons. The molecule has 0 spiro atoms. The Balaban J connectivity index is 1.14. The van der Waals surface area contributed by atoms with Crippen molar-refractivity contribution in [2.75, 3.05) is 17.3 Å². The molecule has 4 aromatic carbocycles. The van der Waals surface area contributed by atoms with Gasteiger partial charge >= 0.3 is 0 Å². The van der Waals surface area contributed by atoms with Crippen LogP contribution in [0.1, 0.15) is 63.2 Å². The Hall–Kier alpha value is -5.11. The van der Waals surface area contributed by atoms with Crippen LogP contribution in [0.25, 0.3) is 0 Å². The van der Waals surface area contributed by atoms with Crippen molar-refractivity contribution in [1.82, 2.24) is 4.90 Å². The first-order valence-corrected chi connectivity index (χ1v) is 14.8. The number of anilines is 2. The number of hydrogen-bond acceptors (Lipinski definition) is 5. The largest absolute Gasteiger partial charge is 0.493 e. The molecule has 1 N–H and O–H groups in total. The van der Waals surface area contributed by atoms with Gasteiger partial charge in [-0.15, -0.1) is 0 Å². The highest BCUT2D eigenvalue weighted by molar-refractivity contribution is 6.10. The van der Waals surface area contributed by atoms with E-state index in [9.17, 15) is 14.4 Å². The number of benzene rings is 4. The van der Waals surface area contributed by atoms with E-state index in [1.165, 1.54) is 12.5 Å². The molecule has 1 atom stereocenters. The lowest BCUT2D eigenvalue weighted by molar-refractivity contribution is -0.114. The lowest BCUT2D eigenvalue weighted by Crippen LogP contribution is -2.24. The second-order valence-electron chi connectivity index (χ2n) is 11.4. The molecular weight excluding hydrogens is 554 g/mol. The van der Waals surface area contributed by atoms with Gasteiger partial charge in [0.2, 0.25) is 5.91 Å². The molecule has 2 heterocycles. The Morgan fingerprint density at radius 1 is 0.841 bits per heavy atom. The molecule has 3 amide bonds. The molecule has 2 aliphatic rings. The molecule has 0 fully saturated rings. The fourth-order valence-electron chi connectivity index (χ4n) is 5.86. The highest BCUT2D eigenvalue weighted by Gasteiger charge is 2.31. The summed E-state index contributed by atoms with van der Waals surface area (Å²) in [6, 6.07) is 27.1. The van der Waals surface area contributed by atoms with Crippen LogP contribution in [-0.4, -0.2) is 35.8 Å². The van der Waals surface area contributed by atoms with Crippen LogP contribution < -0.4 is 19.7 Å². The minimum absolute atomic E-state index is 0.0511. The topological polar surface area (TPSA) is 88.2 Å². The predicted octanol–water partition coefficient (Wildman–Crippen LogP) is 6.37. The summed E-state index contributed by atoms with van der Waals surface area (Å²) in [5.41, 5.74) is 6.55. The van der Waals surface area contributed by atoms with Gasteiger partial charge in [0.05, 0.1) is 19.8 Å². The number of carbonyl (C=O) groups excluding carboxylic acids is 3. The quantitative estimate of drug-likeness (QED) is 0.232. The van der Waals surface area contributed by atoms with Gasteiger partial charge in [0.15, 0.2) is 11.5 Å². The fraction of sp³-hybridized carbons (Fsp3) is 0.250. The van der Waals surface area contributed by atoms with E-state index in [4.69, 9.17) is 9.47 Å². The fourth-order valence-corrected chi connectivity index (χ4v) is 5.86. The van der Waals surface area contributed by atoms with Gasteiger partial charge in [-0.3, -0.25) is 14.4 Å². The van der Waals surface area contributed by atoms with Crippen LogP contribution >= 0.6 is 0 Å². The van der Waals surface area contributed by atoms with Crippen LogP contribution in [-0.2, 0) is 30.8 Å². The van der Waals surface area contributed by atoms with Gasteiger partial charge in [-0.25, -0.2) is 0 Å². The molecule has 0 saturated heterocycles. The van der Waals surface area contributed by atoms with Gasteiger partial charge in [-0.1, -0.05) is 48.5 Å². The van der Waals surface area contributed by atoms with Gasteiger partial charge in [0, 0.05) is 48.6 Å². The summed E-state index contributed by atoms with van der Waals surface area (Å²) in [5.74, 6) is 0.849. The number of hydrogen-bond donors (Lipinski definition) is 1. The molecule has 1 unspecified atom stereocenters. The number of nitrogens with zero attached hydrogens (tertiary/aromatic N) is 2. The van der Waals surface area contributed by atoms with Crippen molar-refractivity contribution < 1.29 is 23.9 Å². The third kappa shape index (κ3) is 6.01. The van der Waals surface area contributed by atoms with Crippen LogP contribution in [0, 0.1) is 0 Å². The molecule has 224 valence electrons. The zero-order valence-electron chi connectivity index (χ0n) is 25.1. The van der Waals surface area contributed by atoms with Gasteiger partial charge in [0.25, 0.3) is 11.8 Å². The minimum Gasteiger partial charge on any atom is -0.493 e. The highest BCUT2D eigenvalue weighted by Crippen LogP contribution is 2.37. The number of methoxy groups -OCH3 is 1. The molecule has 44 heavy (non-hydrogen) atoms. The SMILES string of the molecule is COc1ccc(N2Cc3ccc(CN4Cc5ccc(NC(C)=O)cc5C4=O)cc3C2=O)cc1OC(C)CCc1ccccc1. The summed E-state index contributed by atoms with van der Waals surface area (Å²) in [6.45, 7) is 4.78. The van der Waals surface area contributed by atoms with Crippen LogP contribution in [0.15, 0.2) is 84.9 Å². The molecule has 0 aliphatic carbocycles. The molecule has 0 bridgehead atoms. The first-order chi connectivity index (χ1) is 21.3. The van der Waals surface area contributed by atoms with E-state index in [0.717, 1.165) is 35.2 Å². The van der Waals surface area contributed by atoms with Crippen molar-refractivity contribution in [3.63, 3.8) is 0 Å². The normalized spacial score (nSPS) is 14.3. The second-order valence-corrected chi connectivity index (χ2v) is 11.4. The van der Waals surface area contributed by atoms with E-state index in [-0.39, 0.29) is 23.8 Å². The summed E-state index contributed by atoms with van der Waals surface area (Å²) in [7, 11) is 1.61. The van der Waals surface area contributed by atoms with Crippen molar-refractivity contribution in [2.45, 2.75) is 52.4 Å². The van der Waals surface area contributed by atoms with E-state index in [1.807, 2.05) is 67.6 Å². The first kappa shape index (κ1) is 29.0. The number of ether oxygens (including phenoxy) is 2. The summed E-state index contributed by atoms with van der Waals surface area (Å²) < 4.78 is 11.9. The Morgan fingerprint density at radius 2 is 1.59 bits per heavy atom. The molecule has 8 nitrogen and oxygen atoms in total. The van der Waals surface area contributed by atoms with E-state index in [0.29, 0.717) is 47.9 Å². The molecule has 4 aromatic rings. The molecule has 2 aliphatic heterocycles. The Bertz CT molecular complexity index is 1740. The zero-order chi connectivity index (χ0) is 30.8. The second kappa shape index (κ2) is 12.2. The molecule has 6 rings (SSSR count). The lowest BCUT2D eigenvalue weighted by atomic mass is 10.1. The van der Waals surface area contributed by atoms with Gasteiger partial charge < -0.3 is 24.6 Å². The van der Waals surface area contributed by atoms with E-state index < -0.39 is 0 Å². The Morgan fingerprint density at radius 3 is 2.36 bits per heavy atom. The van der Waals surface area contributed by atoms with Crippen LogP contribution in [0.4, 0.5) is 11.4 Å². The maximum Gasteiger partial charge on any atom is 0.258 e. The number of amides is 3. The van der Waals surface area contributed by atoms with Crippen molar-refractivity contribution in [2.24, 2.45) is 0 Å². The number of fused-ring (bicyclic) bond motifs is 2. The lowest BCUT2D eigenvalue weighted by Gasteiger charge is -2.21. The third-order valence-corrected chi connectivity index (χ3v) is 8.13. The average Bonchev–Trinajstić information content (AvgIpc) is 3.51. The zero-order valence-corrected chi connectivity index (χ0v) is 25.1. The van der Waals surface area contributed by atoms with Crippen molar-refractivity contribution >= 4 is 29.1 Å². The standard InChI is InChI=1S/C36H35N3O5/c1-23(9-10-25-7-5-4-6-8-25)44-34-19-30(15-16-33(34)43-3)39-22-28-12-11-26(17-31(28)36(39)42)20-38-21-27-13-14-29(37-24(2)40)18-32(27)35(38)41/h4-8,11-19,23H,9-10,20-22H2,1-3H3,(H,37,40). The molecule has 0 aromatic heterocycles. The number of carbonyl (C=O) groups is 3. The van der Waals surface area contributed by atoms with E-state index >= 15 is 0 Å². The maximum absolute atomic E-state index is 13.6. The summed E-state index contributed by atoms with van der Waals surface area (Å²) in [4.78, 5) is 41.7. The number of rotatable bonds is 10. The molecule has 8 heteroatoms. The Labute approximate surface area is 257 Å². The summed E-state index contributed by atoms with van der Waals surface area (Å²) >= 11 is 0. The highest BCUT2D eigenvalue weighted by atomic mass is 16.5. The Kier molecular flexibility index (Phi) is 8.07. The van der Waals surface area contributed by atoms with Gasteiger partial charge in [-0.2, -0.15) is 0 Å². The van der Waals surface area contributed by atoms with Gasteiger partial charge in [-0.05, 0) is 72.4 Å². The van der Waals surface area contributed by atoms with Crippen molar-refractivity contribution in [3.05, 3.63) is 118 Å². The number of aryl methyl sites for hydroxylation is 1. The maximum atomic E-state index is 13.6. The summed E-state index contributed by atoms with van der Waals surface area (Å²) in [5, 5.41) is 2.73. The van der Waals surface area contributed by atoms with Crippen LogP contribution in [0.5, 0.6) is 11.5 Å². The molecule has 0 saturated carbocycles. The van der Waals surface area contributed by atoms with Crippen LogP contribution in [0.3, 0.4) is 0 Å². The summed E-state index contributed by atoms with van der Waals surface area (Å²) in [6.07, 6.45) is 1.69. The first-order valence-electron chi connectivity index (χ1n) is 14.8. The van der Waals surface area contributed by atoms with Crippen molar-refractivity contribution in [1.29, 1.82) is 0 Å². The average molecular weight is 590 g/mol. The monoisotopic (exact) mass is 589 g/mol. The minimum atomic E-state index is -0.184. The van der Waals surface area contributed by atoms with E-state index in [2.05, 4.69) is 17.4 Å². The van der Waals surface area contributed by atoms with Crippen molar-refractivity contribution in [3.8, 4) is 11.5 Å². The number of nitrogens with one attached hydrogen (secondary N) is 1. The predicted molar refractivity (Wildman–Crippen MR) is 169 cm³/mol. The smallest absolute Gasteiger partial charge is 0.258 e. The molecular formula is C36H35N3O5.